The van der Waals surface area contributed by atoms with Crippen LogP contribution in [-0.4, -0.2) is 58.5 Å². The van der Waals surface area contributed by atoms with Gasteiger partial charge in [0, 0.05) is 24.7 Å². The summed E-state index contributed by atoms with van der Waals surface area (Å²) in [7, 11) is 0. The van der Waals surface area contributed by atoms with Crippen molar-refractivity contribution < 1.29 is 33.3 Å². The van der Waals surface area contributed by atoms with Crippen molar-refractivity contribution in [2.24, 2.45) is 0 Å². The van der Waals surface area contributed by atoms with Crippen molar-refractivity contribution in [1.29, 1.82) is 0 Å². The average Bonchev–Trinajstić information content (AvgIpc) is 3.50. The van der Waals surface area contributed by atoms with Crippen LogP contribution < -0.4 is 14.2 Å². The number of ether oxygens (including phenoxy) is 4. The summed E-state index contributed by atoms with van der Waals surface area (Å²) in [6.07, 6.45) is 3.24. The normalized spacial score (nSPS) is 14.3. The number of amides is 1. The fourth-order valence-corrected chi connectivity index (χ4v) is 4.51. The summed E-state index contributed by atoms with van der Waals surface area (Å²) in [5.74, 6) is 1.16. The summed E-state index contributed by atoms with van der Waals surface area (Å²) < 4.78 is 23.6. The Morgan fingerprint density at radius 2 is 2.08 bits per heavy atom. The summed E-state index contributed by atoms with van der Waals surface area (Å²) in [5.41, 5.74) is 12.3. The van der Waals surface area contributed by atoms with Gasteiger partial charge in [-0.25, -0.2) is 4.79 Å². The lowest BCUT2D eigenvalue weighted by molar-refractivity contribution is -0.128. The van der Waals surface area contributed by atoms with Crippen molar-refractivity contribution >= 4 is 28.6 Å². The molecule has 0 saturated carbocycles. The highest BCUT2D eigenvalue weighted by atomic mass is 16.7. The number of fused-ring (bicyclic) bond motifs is 1. The Hall–Kier alpha value is -4.56. The molecule has 0 unspecified atom stereocenters. The molecule has 5 rings (SSSR count). The standard InChI is InChI=1S/C26H24N4O6/c1-3-10-29-11-9-17-13-30(26(32)33-4-2)18-6-8-20(23(22(17)18)24(28-27)25(29)31)34-14-16-5-7-19-21(12-16)36-15-35-19/h3,5-8,12-13H,1,4,9-11,14-15H2,2H3. The van der Waals surface area contributed by atoms with Crippen LogP contribution in [0.15, 0.2) is 49.2 Å². The zero-order valence-corrected chi connectivity index (χ0v) is 19.7. The minimum atomic E-state index is -0.537. The third-order valence-corrected chi connectivity index (χ3v) is 6.13. The van der Waals surface area contributed by atoms with Gasteiger partial charge in [-0.3, -0.25) is 9.36 Å². The van der Waals surface area contributed by atoms with Gasteiger partial charge in [-0.2, -0.15) is 4.79 Å². The first-order valence-electron chi connectivity index (χ1n) is 11.5. The molecule has 10 heteroatoms. The van der Waals surface area contributed by atoms with Crippen LogP contribution in [0.5, 0.6) is 17.2 Å². The lowest BCUT2D eigenvalue weighted by atomic mass is 9.96. The summed E-state index contributed by atoms with van der Waals surface area (Å²) in [4.78, 5) is 31.0. The molecule has 0 atom stereocenters. The minimum Gasteiger partial charge on any atom is -0.488 e. The second-order valence-electron chi connectivity index (χ2n) is 8.27. The monoisotopic (exact) mass is 488 g/mol. The first-order chi connectivity index (χ1) is 17.5. The van der Waals surface area contributed by atoms with Gasteiger partial charge in [-0.05, 0) is 48.7 Å². The van der Waals surface area contributed by atoms with Gasteiger partial charge in [-0.15, -0.1) is 6.58 Å². The molecule has 2 aliphatic rings. The van der Waals surface area contributed by atoms with E-state index in [1.807, 2.05) is 12.1 Å². The smallest absolute Gasteiger partial charge is 0.418 e. The highest BCUT2D eigenvalue weighted by Gasteiger charge is 2.37. The van der Waals surface area contributed by atoms with Gasteiger partial charge in [0.15, 0.2) is 11.5 Å². The molecule has 0 fully saturated rings. The van der Waals surface area contributed by atoms with Gasteiger partial charge in [0.25, 0.3) is 0 Å². The number of benzene rings is 2. The van der Waals surface area contributed by atoms with E-state index < -0.39 is 12.0 Å². The number of carbonyl (C=O) groups excluding carboxylic acids is 2. The van der Waals surface area contributed by atoms with Gasteiger partial charge >= 0.3 is 17.7 Å². The van der Waals surface area contributed by atoms with E-state index in [2.05, 4.69) is 11.4 Å². The molecule has 36 heavy (non-hydrogen) atoms. The van der Waals surface area contributed by atoms with Crippen molar-refractivity contribution in [3.8, 4) is 17.2 Å². The average molecular weight is 489 g/mol. The lowest BCUT2D eigenvalue weighted by Gasteiger charge is -2.22. The molecular formula is C26H24N4O6. The zero-order chi connectivity index (χ0) is 25.2. The molecule has 0 bridgehead atoms. The van der Waals surface area contributed by atoms with E-state index in [1.54, 1.807) is 37.4 Å². The maximum Gasteiger partial charge on any atom is 0.418 e. The van der Waals surface area contributed by atoms with E-state index >= 15 is 0 Å². The highest BCUT2D eigenvalue weighted by Crippen LogP contribution is 2.36. The first-order valence-corrected chi connectivity index (χ1v) is 11.5. The zero-order valence-electron chi connectivity index (χ0n) is 19.7. The van der Waals surface area contributed by atoms with E-state index in [0.29, 0.717) is 46.7 Å². The van der Waals surface area contributed by atoms with Crippen LogP contribution >= 0.6 is 0 Å². The predicted octanol–water partition coefficient (Wildman–Crippen LogP) is 3.54. The maximum absolute atomic E-state index is 13.4. The Morgan fingerprint density at radius 1 is 1.25 bits per heavy atom. The summed E-state index contributed by atoms with van der Waals surface area (Å²) in [6.45, 7) is 6.62. The fraction of sp³-hybridized carbons (Fsp3) is 0.269. The quantitative estimate of drug-likeness (QED) is 0.298. The first kappa shape index (κ1) is 23.2. The number of carbonyl (C=O) groups is 2. The van der Waals surface area contributed by atoms with Gasteiger partial charge in [-0.1, -0.05) is 12.1 Å². The largest absolute Gasteiger partial charge is 0.488 e. The molecule has 0 saturated heterocycles. The molecular weight excluding hydrogens is 464 g/mol. The molecule has 0 aliphatic carbocycles. The van der Waals surface area contributed by atoms with Gasteiger partial charge in [0.2, 0.25) is 6.79 Å². The van der Waals surface area contributed by atoms with Crippen LogP contribution in [0.3, 0.4) is 0 Å². The maximum atomic E-state index is 13.4. The Labute approximate surface area is 206 Å². The summed E-state index contributed by atoms with van der Waals surface area (Å²) in [5, 5.41) is 0.602. The molecule has 2 aliphatic heterocycles. The van der Waals surface area contributed by atoms with E-state index in [0.717, 1.165) is 11.1 Å². The minimum absolute atomic E-state index is 0.159. The number of rotatable bonds is 6. The molecule has 3 heterocycles. The van der Waals surface area contributed by atoms with E-state index in [9.17, 15) is 15.1 Å². The van der Waals surface area contributed by atoms with Crippen molar-refractivity contribution in [1.82, 2.24) is 9.47 Å². The molecule has 0 N–H and O–H groups in total. The second-order valence-corrected chi connectivity index (χ2v) is 8.27. The van der Waals surface area contributed by atoms with Crippen molar-refractivity contribution in [2.75, 3.05) is 26.5 Å². The van der Waals surface area contributed by atoms with Crippen LogP contribution in [-0.2, 0) is 22.6 Å². The summed E-state index contributed by atoms with van der Waals surface area (Å²) in [6, 6.07) is 8.87. The SMILES string of the molecule is C=CCN1CCc2cn(C(=O)OCC)c3ccc(OCc4ccc5c(c4)OCO5)c(c23)C(=[N+]=[N-])C1=O. The molecule has 3 aromatic rings. The Balaban J connectivity index is 1.63. The third-order valence-electron chi connectivity index (χ3n) is 6.13. The Morgan fingerprint density at radius 3 is 2.86 bits per heavy atom. The van der Waals surface area contributed by atoms with Gasteiger partial charge < -0.3 is 29.4 Å². The van der Waals surface area contributed by atoms with E-state index in [-0.39, 0.29) is 32.3 Å². The van der Waals surface area contributed by atoms with Gasteiger partial charge in [0.05, 0.1) is 12.1 Å². The van der Waals surface area contributed by atoms with Crippen LogP contribution in [0, 0.1) is 0 Å². The third kappa shape index (κ3) is 3.97. The second kappa shape index (κ2) is 9.59. The van der Waals surface area contributed by atoms with Crippen molar-refractivity contribution in [2.45, 2.75) is 20.0 Å². The molecule has 10 nitrogen and oxygen atoms in total. The number of aromatic nitrogens is 1. The van der Waals surface area contributed by atoms with Crippen LogP contribution in [0.1, 0.15) is 23.6 Å². The van der Waals surface area contributed by atoms with E-state index in [4.69, 9.17) is 18.9 Å². The van der Waals surface area contributed by atoms with Crippen LogP contribution in [0.25, 0.3) is 16.4 Å². The molecule has 0 spiro atoms. The van der Waals surface area contributed by atoms with Crippen molar-refractivity contribution in [3.63, 3.8) is 0 Å². The number of hydrogen-bond acceptors (Lipinski definition) is 6. The van der Waals surface area contributed by atoms with E-state index in [1.165, 1.54) is 9.47 Å². The predicted molar refractivity (Wildman–Crippen MR) is 129 cm³/mol. The Bertz CT molecular complexity index is 1440. The number of nitrogens with zero attached hydrogens (tertiary/aromatic N) is 4. The Kier molecular flexibility index (Phi) is 6.18. The molecule has 0 radical (unpaired) electrons. The molecule has 184 valence electrons. The molecule has 1 aromatic heterocycles. The fourth-order valence-electron chi connectivity index (χ4n) is 4.51. The van der Waals surface area contributed by atoms with Crippen LogP contribution in [0.2, 0.25) is 0 Å². The molecule has 1 amide bonds. The topological polar surface area (TPSA) is 116 Å². The van der Waals surface area contributed by atoms with Crippen molar-refractivity contribution in [3.05, 3.63) is 71.4 Å². The highest BCUT2D eigenvalue weighted by molar-refractivity contribution is 6.46. The molecule has 2 aromatic carbocycles. The van der Waals surface area contributed by atoms with Crippen LogP contribution in [0.4, 0.5) is 4.79 Å². The number of hydrogen-bond donors (Lipinski definition) is 0. The van der Waals surface area contributed by atoms with Gasteiger partial charge in [0.1, 0.15) is 17.9 Å². The lowest BCUT2D eigenvalue weighted by Crippen LogP contribution is -2.40. The summed E-state index contributed by atoms with van der Waals surface area (Å²) >= 11 is 0.